The number of carbonyl (C=O) groups is 1. The van der Waals surface area contributed by atoms with Gasteiger partial charge in [0.05, 0.1) is 17.4 Å². The third-order valence-electron chi connectivity index (χ3n) is 8.07. The van der Waals surface area contributed by atoms with Crippen LogP contribution in [0, 0.1) is 40.8 Å². The first-order chi connectivity index (χ1) is 16.3. The van der Waals surface area contributed by atoms with Crippen LogP contribution in [0.2, 0.25) is 0 Å². The molecule has 0 saturated heterocycles. The van der Waals surface area contributed by atoms with Crippen molar-refractivity contribution >= 4 is 22.5 Å². The van der Waals surface area contributed by atoms with Crippen molar-refractivity contribution in [2.45, 2.75) is 52.4 Å². The Morgan fingerprint density at radius 2 is 1.82 bits per heavy atom. The predicted molar refractivity (Wildman–Crippen MR) is 133 cm³/mol. The van der Waals surface area contributed by atoms with Gasteiger partial charge < -0.3 is 5.32 Å². The molecule has 0 radical (unpaired) electrons. The molecule has 4 atom stereocenters. The number of pyridine rings is 2. The van der Waals surface area contributed by atoms with E-state index in [-0.39, 0.29) is 11.7 Å². The molecule has 2 aromatic heterocycles. The number of hydrogen-bond donors (Lipinski definition) is 1. The first-order valence-corrected chi connectivity index (χ1v) is 12.1. The van der Waals surface area contributed by atoms with E-state index < -0.39 is 5.41 Å². The third kappa shape index (κ3) is 4.18. The maximum Gasteiger partial charge on any atom is 0.230 e. The Bertz CT molecular complexity index is 1270. The van der Waals surface area contributed by atoms with Crippen molar-refractivity contribution in [1.29, 1.82) is 0 Å². The van der Waals surface area contributed by atoms with E-state index in [9.17, 15) is 9.18 Å². The molecule has 1 unspecified atom stereocenters. The third-order valence-corrected chi connectivity index (χ3v) is 8.07. The molecule has 2 heterocycles. The Balaban J connectivity index is 1.25. The van der Waals surface area contributed by atoms with Crippen LogP contribution >= 0.6 is 0 Å². The van der Waals surface area contributed by atoms with Gasteiger partial charge in [-0.3, -0.25) is 9.78 Å². The van der Waals surface area contributed by atoms with Gasteiger partial charge in [-0.25, -0.2) is 9.37 Å². The molecule has 5 heteroatoms. The van der Waals surface area contributed by atoms with Crippen LogP contribution in [0.25, 0.3) is 10.9 Å². The second-order valence-corrected chi connectivity index (χ2v) is 10.4. The molecular weight excluding hydrogens is 425 g/mol. The SMILES string of the molecule is CC#Cc1ccc(NC(=O)C(C)(C)[C@@H]2CC3C[C@H](c4ccnc5ccc(F)cc45)C[C@@H]3C2)cn1. The lowest BCUT2D eigenvalue weighted by Gasteiger charge is -2.31. The van der Waals surface area contributed by atoms with Crippen molar-refractivity contribution < 1.29 is 9.18 Å². The topological polar surface area (TPSA) is 54.9 Å². The quantitative estimate of drug-likeness (QED) is 0.468. The van der Waals surface area contributed by atoms with Crippen LogP contribution in [0.4, 0.5) is 10.1 Å². The minimum Gasteiger partial charge on any atom is -0.324 e. The number of halogens is 1. The average Bonchev–Trinajstić information content (AvgIpc) is 3.40. The summed E-state index contributed by atoms with van der Waals surface area (Å²) in [6.07, 6.45) is 7.82. The molecule has 0 aliphatic heterocycles. The number of aromatic nitrogens is 2. The highest BCUT2D eigenvalue weighted by molar-refractivity contribution is 5.95. The van der Waals surface area contributed by atoms with Gasteiger partial charge in [0, 0.05) is 17.0 Å². The fraction of sp³-hybridized carbons (Fsp3) is 0.414. The zero-order chi connectivity index (χ0) is 23.9. The first kappa shape index (κ1) is 22.5. The number of benzene rings is 1. The van der Waals surface area contributed by atoms with E-state index >= 15 is 0 Å². The molecule has 2 aliphatic rings. The predicted octanol–water partition coefficient (Wildman–Crippen LogP) is 6.33. The van der Waals surface area contributed by atoms with Gasteiger partial charge in [0.15, 0.2) is 0 Å². The van der Waals surface area contributed by atoms with E-state index in [2.05, 4.69) is 47.0 Å². The molecule has 2 aliphatic carbocycles. The summed E-state index contributed by atoms with van der Waals surface area (Å²) in [5.41, 5.74) is 3.01. The maximum absolute atomic E-state index is 13.9. The lowest BCUT2D eigenvalue weighted by molar-refractivity contribution is -0.126. The monoisotopic (exact) mass is 455 g/mol. The van der Waals surface area contributed by atoms with Gasteiger partial charge in [-0.2, -0.15) is 0 Å². The molecule has 1 amide bonds. The van der Waals surface area contributed by atoms with Crippen LogP contribution in [0.15, 0.2) is 48.8 Å². The van der Waals surface area contributed by atoms with Crippen molar-refractivity contribution in [2.24, 2.45) is 23.2 Å². The molecule has 2 fully saturated rings. The lowest BCUT2D eigenvalue weighted by Crippen LogP contribution is -2.37. The fourth-order valence-corrected chi connectivity index (χ4v) is 6.10. The minimum atomic E-state index is -0.464. The normalized spacial score (nSPS) is 23.9. The van der Waals surface area contributed by atoms with Gasteiger partial charge in [-0.05, 0) is 104 Å². The Morgan fingerprint density at radius 3 is 2.50 bits per heavy atom. The van der Waals surface area contributed by atoms with Gasteiger partial charge in [-0.1, -0.05) is 19.8 Å². The molecule has 4 nitrogen and oxygen atoms in total. The second kappa shape index (κ2) is 8.83. The summed E-state index contributed by atoms with van der Waals surface area (Å²) >= 11 is 0. The highest BCUT2D eigenvalue weighted by atomic mass is 19.1. The summed E-state index contributed by atoms with van der Waals surface area (Å²) in [7, 11) is 0. The summed E-state index contributed by atoms with van der Waals surface area (Å²) in [6, 6.07) is 10.6. The number of anilines is 1. The average molecular weight is 456 g/mol. The van der Waals surface area contributed by atoms with E-state index in [4.69, 9.17) is 0 Å². The van der Waals surface area contributed by atoms with E-state index in [1.54, 1.807) is 25.3 Å². The molecule has 1 aromatic carbocycles. The number of hydrogen-bond acceptors (Lipinski definition) is 3. The van der Waals surface area contributed by atoms with Gasteiger partial charge in [-0.15, -0.1) is 0 Å². The molecule has 174 valence electrons. The molecule has 1 N–H and O–H groups in total. The number of carbonyl (C=O) groups excluding carboxylic acids is 1. The number of rotatable bonds is 4. The van der Waals surface area contributed by atoms with Crippen LogP contribution in [0.5, 0.6) is 0 Å². The van der Waals surface area contributed by atoms with E-state index in [0.717, 1.165) is 36.6 Å². The molecular formula is C29H30FN3O. The summed E-state index contributed by atoms with van der Waals surface area (Å²) < 4.78 is 13.9. The van der Waals surface area contributed by atoms with E-state index in [0.29, 0.717) is 35.1 Å². The van der Waals surface area contributed by atoms with Crippen LogP contribution in [-0.2, 0) is 4.79 Å². The number of nitrogens with zero attached hydrogens (tertiary/aromatic N) is 2. The van der Waals surface area contributed by atoms with Crippen molar-refractivity contribution in [3.63, 3.8) is 0 Å². The largest absolute Gasteiger partial charge is 0.324 e. The summed E-state index contributed by atoms with van der Waals surface area (Å²) in [5, 5.41) is 4.00. The lowest BCUT2D eigenvalue weighted by atomic mass is 9.75. The zero-order valence-electron chi connectivity index (χ0n) is 19.9. The van der Waals surface area contributed by atoms with Crippen molar-refractivity contribution in [1.82, 2.24) is 9.97 Å². The summed E-state index contributed by atoms with van der Waals surface area (Å²) in [5.74, 6) is 7.55. The summed E-state index contributed by atoms with van der Waals surface area (Å²) in [4.78, 5) is 21.9. The van der Waals surface area contributed by atoms with Gasteiger partial charge in [0.2, 0.25) is 5.91 Å². The van der Waals surface area contributed by atoms with Crippen molar-refractivity contribution in [3.8, 4) is 11.8 Å². The van der Waals surface area contributed by atoms with Crippen LogP contribution in [0.3, 0.4) is 0 Å². The van der Waals surface area contributed by atoms with Crippen LogP contribution in [0.1, 0.15) is 63.6 Å². The van der Waals surface area contributed by atoms with Gasteiger partial charge in [0.25, 0.3) is 0 Å². The molecule has 34 heavy (non-hydrogen) atoms. The second-order valence-electron chi connectivity index (χ2n) is 10.4. The first-order valence-electron chi connectivity index (χ1n) is 12.1. The molecule has 5 rings (SSSR count). The van der Waals surface area contributed by atoms with Gasteiger partial charge in [0.1, 0.15) is 11.5 Å². The van der Waals surface area contributed by atoms with Crippen molar-refractivity contribution in [3.05, 3.63) is 65.9 Å². The fourth-order valence-electron chi connectivity index (χ4n) is 6.10. The smallest absolute Gasteiger partial charge is 0.230 e. The zero-order valence-corrected chi connectivity index (χ0v) is 19.9. The highest BCUT2D eigenvalue weighted by Crippen LogP contribution is 2.56. The van der Waals surface area contributed by atoms with E-state index in [1.165, 1.54) is 11.6 Å². The summed E-state index contributed by atoms with van der Waals surface area (Å²) in [6.45, 7) is 5.90. The van der Waals surface area contributed by atoms with E-state index in [1.807, 2.05) is 18.3 Å². The van der Waals surface area contributed by atoms with Crippen molar-refractivity contribution in [2.75, 3.05) is 5.32 Å². The number of fused-ring (bicyclic) bond motifs is 2. The number of amides is 1. The molecule has 2 saturated carbocycles. The van der Waals surface area contributed by atoms with Gasteiger partial charge >= 0.3 is 0 Å². The van der Waals surface area contributed by atoms with Crippen LogP contribution in [-0.4, -0.2) is 15.9 Å². The van der Waals surface area contributed by atoms with Crippen LogP contribution < -0.4 is 5.32 Å². The Hall–Kier alpha value is -3.26. The standard InChI is InChI=1S/C29H30FN3O/c1-4-5-23-7-8-24(17-32-23)33-28(34)29(2,3)21-14-18-12-20(13-19(18)15-21)25-10-11-31-27-9-6-22(30)16-26(25)27/h6-11,16-21H,12-15H2,1-3H3,(H,33,34)/t18-,19?,20-,21+/m1/s1. The Kier molecular flexibility index (Phi) is 5.85. The molecule has 0 spiro atoms. The maximum atomic E-state index is 13.9. The molecule has 3 aromatic rings. The highest BCUT2D eigenvalue weighted by Gasteiger charge is 2.48. The molecule has 0 bridgehead atoms. The number of nitrogens with one attached hydrogen (secondary N) is 1. The minimum absolute atomic E-state index is 0.0424. The Labute approximate surface area is 200 Å². The Morgan fingerprint density at radius 1 is 1.06 bits per heavy atom.